The van der Waals surface area contributed by atoms with Crippen molar-refractivity contribution >= 4 is 29.1 Å². The average molecular weight is 514 g/mol. The number of methoxy groups -OCH3 is 2. The van der Waals surface area contributed by atoms with E-state index in [-0.39, 0.29) is 22.3 Å². The molecule has 3 aromatic rings. The Kier molecular flexibility index (Phi) is 7.14. The fourth-order valence-corrected chi connectivity index (χ4v) is 4.67. The highest BCUT2D eigenvalue weighted by Crippen LogP contribution is 2.45. The van der Waals surface area contributed by atoms with Crippen molar-refractivity contribution in [1.29, 1.82) is 0 Å². The van der Waals surface area contributed by atoms with E-state index in [4.69, 9.17) is 9.47 Å². The number of carbonyl (C=O) groups is 3. The van der Waals surface area contributed by atoms with Crippen molar-refractivity contribution in [3.8, 4) is 5.75 Å². The van der Waals surface area contributed by atoms with Gasteiger partial charge >= 0.3 is 5.97 Å². The van der Waals surface area contributed by atoms with Gasteiger partial charge in [0.25, 0.3) is 11.7 Å². The number of carbonyl (C=O) groups excluding carboxylic acids is 3. The van der Waals surface area contributed by atoms with Crippen molar-refractivity contribution in [3.63, 3.8) is 0 Å². The fourth-order valence-electron chi connectivity index (χ4n) is 4.67. The highest BCUT2D eigenvalue weighted by Gasteiger charge is 2.48. The van der Waals surface area contributed by atoms with Crippen LogP contribution in [0.15, 0.2) is 72.3 Å². The van der Waals surface area contributed by atoms with Gasteiger partial charge in [-0.05, 0) is 53.8 Å². The maximum atomic E-state index is 13.6. The first-order valence-corrected chi connectivity index (χ1v) is 12.2. The summed E-state index contributed by atoms with van der Waals surface area (Å²) in [6.07, 6.45) is 0. The van der Waals surface area contributed by atoms with Crippen LogP contribution < -0.4 is 9.64 Å². The molecule has 1 fully saturated rings. The van der Waals surface area contributed by atoms with Crippen LogP contribution in [0, 0.1) is 6.92 Å². The minimum atomic E-state index is -1.00. The van der Waals surface area contributed by atoms with Crippen molar-refractivity contribution in [3.05, 3.63) is 100 Å². The molecule has 4 rings (SSSR count). The van der Waals surface area contributed by atoms with Gasteiger partial charge in [0.2, 0.25) is 0 Å². The number of para-hydroxylation sites is 1. The van der Waals surface area contributed by atoms with Gasteiger partial charge in [-0.3, -0.25) is 14.5 Å². The largest absolute Gasteiger partial charge is 0.507 e. The zero-order valence-electron chi connectivity index (χ0n) is 22.4. The molecule has 1 unspecified atom stereocenters. The molecular formula is C31H31NO6. The Morgan fingerprint density at radius 1 is 0.947 bits per heavy atom. The second-order valence-electron chi connectivity index (χ2n) is 10.2. The van der Waals surface area contributed by atoms with Crippen molar-refractivity contribution in [2.45, 2.75) is 39.2 Å². The maximum Gasteiger partial charge on any atom is 0.337 e. The van der Waals surface area contributed by atoms with Crippen LogP contribution in [0.4, 0.5) is 5.69 Å². The Hall–Kier alpha value is -4.39. The number of Topliss-reactive ketones (excluding diaryl/α,β-unsaturated/α-hetero) is 1. The number of aliphatic hydroxyl groups excluding tert-OH is 1. The van der Waals surface area contributed by atoms with Gasteiger partial charge in [0.05, 0.1) is 31.4 Å². The molecule has 38 heavy (non-hydrogen) atoms. The molecule has 1 saturated heterocycles. The lowest BCUT2D eigenvalue weighted by atomic mass is 9.84. The van der Waals surface area contributed by atoms with Crippen LogP contribution >= 0.6 is 0 Å². The van der Waals surface area contributed by atoms with E-state index in [1.165, 1.54) is 25.2 Å². The fraction of sp³-hybridized carbons (Fsp3) is 0.258. The molecular weight excluding hydrogens is 482 g/mol. The quantitative estimate of drug-likeness (QED) is 0.203. The molecule has 0 bridgehead atoms. The summed E-state index contributed by atoms with van der Waals surface area (Å²) >= 11 is 0. The van der Waals surface area contributed by atoms with Gasteiger partial charge in [-0.25, -0.2) is 4.79 Å². The molecule has 1 atom stereocenters. The van der Waals surface area contributed by atoms with Crippen LogP contribution in [0.1, 0.15) is 59.4 Å². The van der Waals surface area contributed by atoms with Gasteiger partial charge in [-0.15, -0.1) is 0 Å². The summed E-state index contributed by atoms with van der Waals surface area (Å²) in [6, 6.07) is 18.1. The predicted octanol–water partition coefficient (Wildman–Crippen LogP) is 5.71. The van der Waals surface area contributed by atoms with Crippen LogP contribution in [-0.2, 0) is 19.7 Å². The predicted molar refractivity (Wildman–Crippen MR) is 145 cm³/mol. The van der Waals surface area contributed by atoms with Crippen molar-refractivity contribution in [1.82, 2.24) is 0 Å². The average Bonchev–Trinajstić information content (AvgIpc) is 3.17. The van der Waals surface area contributed by atoms with E-state index in [9.17, 15) is 19.5 Å². The Morgan fingerprint density at radius 3 is 2.32 bits per heavy atom. The monoisotopic (exact) mass is 513 g/mol. The second-order valence-corrected chi connectivity index (χ2v) is 10.2. The molecule has 1 amide bonds. The standard InChI is InChI=1S/C31H31NO6/c1-18-14-15-20(31(2,3)4)17-23(18)27(33)25-26(22-12-7-8-13-24(22)37-5)32(29(35)28(25)34)21-11-9-10-19(16-21)30(36)38-6/h7-17,26,33H,1-6H3/b27-25+. The van der Waals surface area contributed by atoms with E-state index in [1.807, 2.05) is 25.1 Å². The highest BCUT2D eigenvalue weighted by molar-refractivity contribution is 6.51. The second kappa shape index (κ2) is 10.2. The molecule has 0 radical (unpaired) electrons. The number of benzene rings is 3. The maximum absolute atomic E-state index is 13.6. The number of esters is 1. The highest BCUT2D eigenvalue weighted by atomic mass is 16.5. The van der Waals surface area contributed by atoms with E-state index in [1.54, 1.807) is 42.5 Å². The van der Waals surface area contributed by atoms with Crippen LogP contribution in [0.2, 0.25) is 0 Å². The number of nitrogens with zero attached hydrogens (tertiary/aromatic N) is 1. The molecule has 0 aliphatic carbocycles. The summed E-state index contributed by atoms with van der Waals surface area (Å²) in [7, 11) is 2.77. The van der Waals surface area contributed by atoms with E-state index >= 15 is 0 Å². The summed E-state index contributed by atoms with van der Waals surface area (Å²) in [6.45, 7) is 8.02. The first kappa shape index (κ1) is 26.7. The summed E-state index contributed by atoms with van der Waals surface area (Å²) < 4.78 is 10.4. The minimum absolute atomic E-state index is 0.0582. The molecule has 0 saturated carbocycles. The number of hydrogen-bond acceptors (Lipinski definition) is 6. The zero-order valence-corrected chi connectivity index (χ0v) is 22.4. The molecule has 1 aliphatic rings. The SMILES string of the molecule is COC(=O)c1cccc(N2C(=O)C(=O)/C(=C(/O)c3cc(C(C)(C)C)ccc3C)C2c2ccccc2OC)c1. The van der Waals surface area contributed by atoms with Gasteiger partial charge in [0.1, 0.15) is 11.5 Å². The molecule has 0 aromatic heterocycles. The summed E-state index contributed by atoms with van der Waals surface area (Å²) in [5.74, 6) is -2.06. The first-order chi connectivity index (χ1) is 18.0. The lowest BCUT2D eigenvalue weighted by molar-refractivity contribution is -0.132. The van der Waals surface area contributed by atoms with Crippen LogP contribution in [0.3, 0.4) is 0 Å². The Bertz CT molecular complexity index is 1460. The number of aryl methyl sites for hydroxylation is 1. The number of ether oxygens (including phenoxy) is 2. The first-order valence-electron chi connectivity index (χ1n) is 12.2. The zero-order chi connectivity index (χ0) is 27.8. The number of ketones is 1. The third-order valence-electron chi connectivity index (χ3n) is 6.78. The number of rotatable bonds is 5. The molecule has 1 aliphatic heterocycles. The molecule has 1 N–H and O–H groups in total. The Morgan fingerprint density at radius 2 is 1.66 bits per heavy atom. The van der Waals surface area contributed by atoms with E-state index in [0.29, 0.717) is 22.6 Å². The smallest absolute Gasteiger partial charge is 0.337 e. The molecule has 1 heterocycles. The molecule has 7 nitrogen and oxygen atoms in total. The topological polar surface area (TPSA) is 93.1 Å². The number of hydrogen-bond donors (Lipinski definition) is 1. The Labute approximate surface area is 222 Å². The van der Waals surface area contributed by atoms with E-state index in [2.05, 4.69) is 20.8 Å². The van der Waals surface area contributed by atoms with Gasteiger partial charge in [-0.2, -0.15) is 0 Å². The van der Waals surface area contributed by atoms with Crippen molar-refractivity contribution < 1.29 is 29.0 Å². The molecule has 196 valence electrons. The molecule has 0 spiro atoms. The lowest BCUT2D eigenvalue weighted by Crippen LogP contribution is -2.29. The van der Waals surface area contributed by atoms with Crippen molar-refractivity contribution in [2.24, 2.45) is 0 Å². The Balaban J connectivity index is 2.01. The molecule has 7 heteroatoms. The number of aliphatic hydroxyl groups is 1. The van der Waals surface area contributed by atoms with Gasteiger partial charge in [0, 0.05) is 16.8 Å². The third-order valence-corrected chi connectivity index (χ3v) is 6.78. The van der Waals surface area contributed by atoms with E-state index in [0.717, 1.165) is 11.1 Å². The molecule has 3 aromatic carbocycles. The summed E-state index contributed by atoms with van der Waals surface area (Å²) in [5, 5.41) is 11.7. The third kappa shape index (κ3) is 4.67. The summed E-state index contributed by atoms with van der Waals surface area (Å²) in [4.78, 5) is 40.7. The van der Waals surface area contributed by atoms with E-state index < -0.39 is 23.7 Å². The van der Waals surface area contributed by atoms with Crippen LogP contribution in [-0.4, -0.2) is 37.0 Å². The normalized spacial score (nSPS) is 17.0. The van der Waals surface area contributed by atoms with Crippen LogP contribution in [0.5, 0.6) is 5.75 Å². The van der Waals surface area contributed by atoms with Crippen molar-refractivity contribution in [2.75, 3.05) is 19.1 Å². The number of amides is 1. The van der Waals surface area contributed by atoms with Gasteiger partial charge in [0.15, 0.2) is 0 Å². The van der Waals surface area contributed by atoms with Gasteiger partial charge in [-0.1, -0.05) is 57.2 Å². The summed E-state index contributed by atoms with van der Waals surface area (Å²) in [5.41, 5.74) is 2.99. The number of anilines is 1. The lowest BCUT2D eigenvalue weighted by Gasteiger charge is -2.27. The van der Waals surface area contributed by atoms with Crippen LogP contribution in [0.25, 0.3) is 5.76 Å². The minimum Gasteiger partial charge on any atom is -0.507 e. The van der Waals surface area contributed by atoms with Gasteiger partial charge < -0.3 is 14.6 Å².